The molecule has 1 aromatic carbocycles. The Morgan fingerprint density at radius 1 is 1.20 bits per heavy atom. The van der Waals surface area contributed by atoms with Gasteiger partial charge in [-0.25, -0.2) is 4.98 Å². The molecule has 0 fully saturated rings. The van der Waals surface area contributed by atoms with Gasteiger partial charge in [-0.1, -0.05) is 13.0 Å². The number of anilines is 1. The molecule has 25 heavy (non-hydrogen) atoms. The van der Waals surface area contributed by atoms with E-state index in [9.17, 15) is 9.59 Å². The maximum absolute atomic E-state index is 12.1. The standard InChI is InChI=1S/C18H25N5O2/c1-2-7-19-8-9-21-18(25)15-4-3-5-16(13-15)22-17(24)6-11-23-12-10-20-14-23/h3-5,10,12-14,19H,2,6-9,11H2,1H3,(H,21,25)(H,22,24). The number of hydrogen-bond acceptors (Lipinski definition) is 4. The molecule has 0 saturated heterocycles. The third kappa shape index (κ3) is 6.76. The Morgan fingerprint density at radius 2 is 2.08 bits per heavy atom. The van der Waals surface area contributed by atoms with Crippen LogP contribution in [0.2, 0.25) is 0 Å². The number of nitrogens with zero attached hydrogens (tertiary/aromatic N) is 2. The molecule has 7 heteroatoms. The highest BCUT2D eigenvalue weighted by Crippen LogP contribution is 2.11. The highest BCUT2D eigenvalue weighted by molar-refractivity contribution is 5.97. The maximum atomic E-state index is 12.1. The Labute approximate surface area is 147 Å². The molecule has 0 aliphatic heterocycles. The summed E-state index contributed by atoms with van der Waals surface area (Å²) in [6.07, 6.45) is 6.57. The lowest BCUT2D eigenvalue weighted by Gasteiger charge is -2.09. The zero-order valence-corrected chi connectivity index (χ0v) is 14.5. The molecule has 0 atom stereocenters. The van der Waals surface area contributed by atoms with Gasteiger partial charge in [0.1, 0.15) is 0 Å². The van der Waals surface area contributed by atoms with E-state index < -0.39 is 0 Å². The van der Waals surface area contributed by atoms with Crippen LogP contribution in [-0.2, 0) is 11.3 Å². The lowest BCUT2D eigenvalue weighted by molar-refractivity contribution is -0.116. The first-order valence-corrected chi connectivity index (χ1v) is 8.53. The van der Waals surface area contributed by atoms with Crippen molar-refractivity contribution in [1.82, 2.24) is 20.2 Å². The van der Waals surface area contributed by atoms with Crippen LogP contribution >= 0.6 is 0 Å². The summed E-state index contributed by atoms with van der Waals surface area (Å²) in [5.74, 6) is -0.247. The number of hydrogen-bond donors (Lipinski definition) is 3. The molecule has 0 bridgehead atoms. The van der Waals surface area contributed by atoms with Crippen molar-refractivity contribution in [3.63, 3.8) is 0 Å². The first-order valence-electron chi connectivity index (χ1n) is 8.53. The molecule has 0 unspecified atom stereocenters. The molecule has 1 heterocycles. The summed E-state index contributed by atoms with van der Waals surface area (Å²) in [7, 11) is 0. The Morgan fingerprint density at radius 3 is 2.84 bits per heavy atom. The van der Waals surface area contributed by atoms with Crippen LogP contribution in [-0.4, -0.2) is 41.0 Å². The van der Waals surface area contributed by atoms with Crippen molar-refractivity contribution in [3.8, 4) is 0 Å². The fraction of sp³-hybridized carbons (Fsp3) is 0.389. The minimum atomic E-state index is -0.146. The van der Waals surface area contributed by atoms with Crippen molar-refractivity contribution in [2.75, 3.05) is 25.0 Å². The summed E-state index contributed by atoms with van der Waals surface area (Å²) < 4.78 is 1.84. The van der Waals surface area contributed by atoms with Crippen molar-refractivity contribution >= 4 is 17.5 Å². The lowest BCUT2D eigenvalue weighted by atomic mass is 10.2. The molecule has 0 aliphatic rings. The molecule has 2 rings (SSSR count). The topological polar surface area (TPSA) is 88.0 Å². The minimum Gasteiger partial charge on any atom is -0.351 e. The predicted octanol–water partition coefficient (Wildman–Crippen LogP) is 1.64. The van der Waals surface area contributed by atoms with E-state index in [-0.39, 0.29) is 11.8 Å². The quantitative estimate of drug-likeness (QED) is 0.572. The highest BCUT2D eigenvalue weighted by Gasteiger charge is 2.07. The molecular formula is C18H25N5O2. The van der Waals surface area contributed by atoms with Gasteiger partial charge in [0.05, 0.1) is 6.33 Å². The van der Waals surface area contributed by atoms with Crippen LogP contribution in [0.1, 0.15) is 30.1 Å². The number of amides is 2. The lowest BCUT2D eigenvalue weighted by Crippen LogP contribution is -2.32. The maximum Gasteiger partial charge on any atom is 0.251 e. The van der Waals surface area contributed by atoms with E-state index in [0.29, 0.717) is 30.8 Å². The van der Waals surface area contributed by atoms with E-state index in [0.717, 1.165) is 19.5 Å². The van der Waals surface area contributed by atoms with Crippen molar-refractivity contribution in [2.45, 2.75) is 26.3 Å². The van der Waals surface area contributed by atoms with E-state index >= 15 is 0 Å². The van der Waals surface area contributed by atoms with Gasteiger partial charge in [0.25, 0.3) is 5.91 Å². The molecule has 1 aromatic heterocycles. The molecular weight excluding hydrogens is 318 g/mol. The Hall–Kier alpha value is -2.67. The van der Waals surface area contributed by atoms with Crippen LogP contribution in [0.5, 0.6) is 0 Å². The summed E-state index contributed by atoms with van der Waals surface area (Å²) in [5, 5.41) is 8.90. The van der Waals surface area contributed by atoms with Crippen molar-refractivity contribution in [1.29, 1.82) is 0 Å². The number of carbonyl (C=O) groups excluding carboxylic acids is 2. The summed E-state index contributed by atoms with van der Waals surface area (Å²) in [6.45, 7) is 4.92. The third-order valence-corrected chi connectivity index (χ3v) is 3.58. The zero-order chi connectivity index (χ0) is 17.9. The van der Waals surface area contributed by atoms with Gasteiger partial charge < -0.3 is 20.5 Å². The van der Waals surface area contributed by atoms with Gasteiger partial charge in [0, 0.05) is 49.7 Å². The monoisotopic (exact) mass is 343 g/mol. The first-order chi connectivity index (χ1) is 12.2. The van der Waals surface area contributed by atoms with Crippen LogP contribution in [0.3, 0.4) is 0 Å². The molecule has 2 amide bonds. The summed E-state index contributed by atoms with van der Waals surface area (Å²) >= 11 is 0. The third-order valence-electron chi connectivity index (χ3n) is 3.58. The van der Waals surface area contributed by atoms with E-state index in [1.165, 1.54) is 0 Å². The Kier molecular flexibility index (Phi) is 7.65. The van der Waals surface area contributed by atoms with Crippen molar-refractivity contribution in [3.05, 3.63) is 48.5 Å². The average Bonchev–Trinajstić information content (AvgIpc) is 3.13. The van der Waals surface area contributed by atoms with Gasteiger partial charge in [-0.3, -0.25) is 9.59 Å². The molecule has 7 nitrogen and oxygen atoms in total. The molecule has 0 spiro atoms. The number of benzene rings is 1. The number of rotatable bonds is 10. The minimum absolute atomic E-state index is 0.102. The van der Waals surface area contributed by atoms with Gasteiger partial charge in [0.2, 0.25) is 5.91 Å². The fourth-order valence-corrected chi connectivity index (χ4v) is 2.28. The van der Waals surface area contributed by atoms with Crippen molar-refractivity contribution < 1.29 is 9.59 Å². The first kappa shape index (κ1) is 18.7. The largest absolute Gasteiger partial charge is 0.351 e. The molecule has 2 aromatic rings. The molecule has 134 valence electrons. The SMILES string of the molecule is CCCNCCNC(=O)c1cccc(NC(=O)CCn2ccnc2)c1. The molecule has 0 saturated carbocycles. The molecule has 3 N–H and O–H groups in total. The summed E-state index contributed by atoms with van der Waals surface area (Å²) in [6, 6.07) is 6.95. The van der Waals surface area contributed by atoms with Gasteiger partial charge in [-0.05, 0) is 31.2 Å². The van der Waals surface area contributed by atoms with E-state index in [4.69, 9.17) is 0 Å². The van der Waals surface area contributed by atoms with Crippen LogP contribution in [0.15, 0.2) is 43.0 Å². The van der Waals surface area contributed by atoms with E-state index in [1.54, 1.807) is 36.8 Å². The van der Waals surface area contributed by atoms with Crippen molar-refractivity contribution in [2.24, 2.45) is 0 Å². The number of aromatic nitrogens is 2. The number of aryl methyl sites for hydroxylation is 1. The average molecular weight is 343 g/mol. The number of nitrogens with one attached hydrogen (secondary N) is 3. The van der Waals surface area contributed by atoms with Gasteiger partial charge in [-0.2, -0.15) is 0 Å². The predicted molar refractivity (Wildman–Crippen MR) is 97.4 cm³/mol. The zero-order valence-electron chi connectivity index (χ0n) is 14.5. The van der Waals surface area contributed by atoms with Gasteiger partial charge >= 0.3 is 0 Å². The summed E-state index contributed by atoms with van der Waals surface area (Å²) in [4.78, 5) is 28.1. The second-order valence-electron chi connectivity index (χ2n) is 5.69. The van der Waals surface area contributed by atoms with E-state index in [1.807, 2.05) is 10.8 Å². The Bertz CT molecular complexity index is 670. The van der Waals surface area contributed by atoms with Crippen LogP contribution < -0.4 is 16.0 Å². The highest BCUT2D eigenvalue weighted by atomic mass is 16.2. The number of imidazole rings is 1. The second-order valence-corrected chi connectivity index (χ2v) is 5.69. The fourth-order valence-electron chi connectivity index (χ4n) is 2.28. The number of carbonyl (C=O) groups is 2. The van der Waals surface area contributed by atoms with Gasteiger partial charge in [-0.15, -0.1) is 0 Å². The molecule has 0 aliphatic carbocycles. The van der Waals surface area contributed by atoms with E-state index in [2.05, 4.69) is 27.9 Å². The van der Waals surface area contributed by atoms with Crippen LogP contribution in [0.25, 0.3) is 0 Å². The Balaban J connectivity index is 1.79. The second kappa shape index (κ2) is 10.2. The van der Waals surface area contributed by atoms with Crippen LogP contribution in [0.4, 0.5) is 5.69 Å². The summed E-state index contributed by atoms with van der Waals surface area (Å²) in [5.41, 5.74) is 1.15. The van der Waals surface area contributed by atoms with Crippen LogP contribution in [0, 0.1) is 0 Å². The smallest absolute Gasteiger partial charge is 0.251 e. The normalized spacial score (nSPS) is 10.4. The molecule has 0 radical (unpaired) electrons. The van der Waals surface area contributed by atoms with Gasteiger partial charge in [0.15, 0.2) is 0 Å².